The second kappa shape index (κ2) is 13.6. The van der Waals surface area contributed by atoms with Crippen LogP contribution in [0.25, 0.3) is 118 Å². The maximum atomic E-state index is 17.5. The number of benzene rings is 9. The van der Waals surface area contributed by atoms with Crippen molar-refractivity contribution < 1.29 is 22.0 Å². The summed E-state index contributed by atoms with van der Waals surface area (Å²) in [5, 5.41) is 6.38. The minimum absolute atomic E-state index is 0.0292. The quantitative estimate of drug-likeness (QED) is 0.156. The summed E-state index contributed by atoms with van der Waals surface area (Å²) in [7, 11) is 0. The summed E-state index contributed by atoms with van der Waals surface area (Å²) in [6, 6.07) is 52.1. The molecule has 0 spiro atoms. The molecule has 2 nitrogen and oxygen atoms in total. The number of hydrogen-bond acceptors (Lipinski definition) is 2. The van der Waals surface area contributed by atoms with Crippen LogP contribution >= 0.6 is 22.7 Å². The number of halogens is 5. The summed E-state index contributed by atoms with van der Waals surface area (Å²) in [6.45, 7) is 0. The van der Waals surface area contributed by atoms with Crippen LogP contribution < -0.4 is 0 Å². The molecule has 0 atom stereocenters. The molecule has 64 heavy (non-hydrogen) atoms. The van der Waals surface area contributed by atoms with Crippen molar-refractivity contribution in [1.29, 1.82) is 0 Å². The van der Waals surface area contributed by atoms with E-state index < -0.39 is 23.4 Å². The summed E-state index contributed by atoms with van der Waals surface area (Å²) in [5.74, 6) is -1.42. The van der Waals surface area contributed by atoms with Crippen LogP contribution in [0, 0.1) is 11.6 Å². The van der Waals surface area contributed by atoms with E-state index in [4.69, 9.17) is 0 Å². The van der Waals surface area contributed by atoms with Crippen LogP contribution in [0.1, 0.15) is 5.56 Å². The number of para-hydroxylation sites is 2. The van der Waals surface area contributed by atoms with Crippen molar-refractivity contribution in [2.75, 3.05) is 0 Å². The number of hydrogen-bond donors (Lipinski definition) is 0. The van der Waals surface area contributed by atoms with E-state index >= 15 is 22.0 Å². The molecule has 4 heterocycles. The van der Waals surface area contributed by atoms with Gasteiger partial charge in [-0.05, 0) is 54.6 Å². The third-order valence-corrected chi connectivity index (χ3v) is 15.0. The fourth-order valence-electron chi connectivity index (χ4n) is 10.2. The number of aromatic nitrogens is 2. The summed E-state index contributed by atoms with van der Waals surface area (Å²) >= 11 is 3.14. The van der Waals surface area contributed by atoms with Crippen molar-refractivity contribution in [2.24, 2.45) is 0 Å². The van der Waals surface area contributed by atoms with Gasteiger partial charge in [0.05, 0.1) is 33.4 Å². The van der Waals surface area contributed by atoms with Crippen LogP contribution in [-0.2, 0) is 6.18 Å². The first-order valence-corrected chi connectivity index (χ1v) is 22.3. The number of thiophene rings is 2. The van der Waals surface area contributed by atoms with E-state index in [1.54, 1.807) is 50.0 Å². The Kier molecular flexibility index (Phi) is 7.91. The predicted molar refractivity (Wildman–Crippen MR) is 257 cm³/mol. The Labute approximate surface area is 368 Å². The topological polar surface area (TPSA) is 9.86 Å². The molecule has 0 fully saturated rings. The standard InChI is InChI=1S/C55H29F5N2S2/c56-40-19-7-1-13-30(40)38-29-39(31-14-2-8-20-41(31)57)54(62-43-22-10-4-16-33(43)35-26-28-47-49(52(35)62)37-18-6-12-24-45(37)64-47)50(55(58,59)60)53(38)61-42-21-9-3-15-32(42)34-25-27-46-48(51(34)61)36-17-5-11-23-44(36)63-46/h1-29H. The molecule has 0 unspecified atom stereocenters. The summed E-state index contributed by atoms with van der Waals surface area (Å²) in [6.07, 6.45) is -5.10. The molecule has 0 saturated carbocycles. The van der Waals surface area contributed by atoms with Gasteiger partial charge in [0, 0.05) is 84.1 Å². The van der Waals surface area contributed by atoms with Crippen LogP contribution in [0.3, 0.4) is 0 Å². The maximum Gasteiger partial charge on any atom is 0.420 e. The van der Waals surface area contributed by atoms with Crippen LogP contribution in [0.5, 0.6) is 0 Å². The number of alkyl halides is 3. The third kappa shape index (κ3) is 5.16. The minimum Gasteiger partial charge on any atom is -0.307 e. The van der Waals surface area contributed by atoms with Gasteiger partial charge in [-0.3, -0.25) is 0 Å². The lowest BCUT2D eigenvalue weighted by Gasteiger charge is -2.27. The van der Waals surface area contributed by atoms with E-state index in [1.807, 2.05) is 121 Å². The molecule has 9 aromatic carbocycles. The molecule has 0 radical (unpaired) electrons. The molecule has 0 amide bonds. The van der Waals surface area contributed by atoms with Gasteiger partial charge < -0.3 is 9.13 Å². The molecule has 0 aliphatic rings. The molecule has 13 rings (SSSR count). The summed E-state index contributed by atoms with van der Waals surface area (Å²) in [5.41, 5.74) is 0.479. The van der Waals surface area contributed by atoms with E-state index in [9.17, 15) is 0 Å². The molecule has 0 saturated heterocycles. The molecule has 0 aliphatic heterocycles. The zero-order chi connectivity index (χ0) is 43.0. The monoisotopic (exact) mass is 876 g/mol. The van der Waals surface area contributed by atoms with Crippen molar-refractivity contribution in [2.45, 2.75) is 6.18 Å². The molecule has 9 heteroatoms. The third-order valence-electron chi connectivity index (χ3n) is 12.7. The highest BCUT2D eigenvalue weighted by Gasteiger charge is 2.43. The highest BCUT2D eigenvalue weighted by atomic mass is 32.1. The normalized spacial score (nSPS) is 12.5. The Morgan fingerprint density at radius 3 is 1.19 bits per heavy atom. The van der Waals surface area contributed by atoms with Crippen molar-refractivity contribution in [1.82, 2.24) is 9.13 Å². The van der Waals surface area contributed by atoms with E-state index in [0.29, 0.717) is 22.1 Å². The highest BCUT2D eigenvalue weighted by molar-refractivity contribution is 7.26. The Balaban J connectivity index is 1.36. The first kappa shape index (κ1) is 37.2. The van der Waals surface area contributed by atoms with E-state index in [2.05, 4.69) is 0 Å². The highest BCUT2D eigenvalue weighted by Crippen LogP contribution is 2.54. The zero-order valence-electron chi connectivity index (χ0n) is 33.3. The SMILES string of the molecule is Fc1ccccc1-c1cc(-c2ccccc2F)c(-n2c3ccccc3c3ccc4sc5ccccc5c4c32)c(C(F)(F)F)c1-n1c2ccccc2c2ccc3sc4ccccc4c3c21. The van der Waals surface area contributed by atoms with E-state index in [-0.39, 0.29) is 33.6 Å². The molecule has 306 valence electrons. The number of nitrogens with zero attached hydrogens (tertiary/aromatic N) is 2. The second-order valence-electron chi connectivity index (χ2n) is 16.1. The van der Waals surface area contributed by atoms with Crippen molar-refractivity contribution in [3.63, 3.8) is 0 Å². The van der Waals surface area contributed by atoms with Gasteiger partial charge >= 0.3 is 6.18 Å². The number of fused-ring (bicyclic) bond motifs is 14. The Bertz CT molecular complexity index is 3850. The van der Waals surface area contributed by atoms with Gasteiger partial charge in [0.1, 0.15) is 17.2 Å². The molecule has 13 aromatic rings. The zero-order valence-corrected chi connectivity index (χ0v) is 35.0. The fourth-order valence-corrected chi connectivity index (χ4v) is 12.4. The average Bonchev–Trinajstić information content (AvgIpc) is 4.06. The lowest BCUT2D eigenvalue weighted by atomic mass is 9.90. The van der Waals surface area contributed by atoms with E-state index in [0.717, 1.165) is 61.9 Å². The largest absolute Gasteiger partial charge is 0.420 e. The molecular formula is C55H29F5N2S2. The van der Waals surface area contributed by atoms with E-state index in [1.165, 1.54) is 36.4 Å². The van der Waals surface area contributed by atoms with Crippen molar-refractivity contribution in [3.05, 3.63) is 193 Å². The van der Waals surface area contributed by atoms with Gasteiger partial charge in [-0.1, -0.05) is 121 Å². The van der Waals surface area contributed by atoms with Gasteiger partial charge in [0.15, 0.2) is 0 Å². The van der Waals surface area contributed by atoms with Crippen molar-refractivity contribution in [3.8, 4) is 33.6 Å². The first-order valence-electron chi connectivity index (χ1n) is 20.7. The molecular weight excluding hydrogens is 848 g/mol. The summed E-state index contributed by atoms with van der Waals surface area (Å²) < 4.78 is 93.0. The predicted octanol–water partition coefficient (Wildman–Crippen LogP) is 17.2. The van der Waals surface area contributed by atoms with Crippen LogP contribution in [-0.4, -0.2) is 9.13 Å². The lowest BCUT2D eigenvalue weighted by Crippen LogP contribution is -2.18. The Morgan fingerprint density at radius 1 is 0.359 bits per heavy atom. The van der Waals surface area contributed by atoms with Crippen LogP contribution in [0.4, 0.5) is 22.0 Å². The smallest absolute Gasteiger partial charge is 0.307 e. The molecule has 4 aromatic heterocycles. The second-order valence-corrected chi connectivity index (χ2v) is 18.2. The van der Waals surface area contributed by atoms with Gasteiger partial charge in [0.25, 0.3) is 0 Å². The van der Waals surface area contributed by atoms with Crippen LogP contribution in [0.15, 0.2) is 176 Å². The van der Waals surface area contributed by atoms with Crippen molar-refractivity contribution >= 4 is 107 Å². The average molecular weight is 877 g/mol. The minimum atomic E-state index is -5.10. The molecule has 0 aliphatic carbocycles. The van der Waals surface area contributed by atoms with Gasteiger partial charge in [-0.15, -0.1) is 22.7 Å². The lowest BCUT2D eigenvalue weighted by molar-refractivity contribution is -0.137. The Morgan fingerprint density at radius 2 is 0.750 bits per heavy atom. The Hall–Kier alpha value is -7.33. The maximum absolute atomic E-state index is 17.5. The van der Waals surface area contributed by atoms with Gasteiger partial charge in [0.2, 0.25) is 0 Å². The molecule has 0 bridgehead atoms. The van der Waals surface area contributed by atoms with Gasteiger partial charge in [-0.2, -0.15) is 13.2 Å². The van der Waals surface area contributed by atoms with Crippen LogP contribution in [0.2, 0.25) is 0 Å². The summed E-state index contributed by atoms with van der Waals surface area (Å²) in [4.78, 5) is 0. The number of rotatable bonds is 4. The molecule has 0 N–H and O–H groups in total. The first-order chi connectivity index (χ1) is 31.3. The van der Waals surface area contributed by atoms with Gasteiger partial charge in [-0.25, -0.2) is 8.78 Å². The fraction of sp³-hybridized carbons (Fsp3) is 0.0182.